The molecular weight excluding hydrogens is 440 g/mol. The van der Waals surface area contributed by atoms with Crippen LogP contribution >= 0.6 is 0 Å². The van der Waals surface area contributed by atoms with Gasteiger partial charge in [-0.2, -0.15) is 0 Å². The van der Waals surface area contributed by atoms with E-state index in [9.17, 15) is 13.2 Å². The molecule has 0 aliphatic heterocycles. The van der Waals surface area contributed by atoms with Gasteiger partial charge < -0.3 is 14.8 Å². The van der Waals surface area contributed by atoms with Crippen molar-refractivity contribution in [3.05, 3.63) is 84.4 Å². The monoisotopic (exact) mass is 468 g/mol. The molecule has 1 N–H and O–H groups in total. The Labute approximate surface area is 195 Å². The second-order valence-corrected chi connectivity index (χ2v) is 9.12. The van der Waals surface area contributed by atoms with E-state index in [1.54, 1.807) is 49.6 Å². The zero-order chi connectivity index (χ0) is 23.8. The minimum atomic E-state index is -4.04. The lowest BCUT2D eigenvalue weighted by atomic mass is 10.1. The molecule has 174 valence electrons. The Morgan fingerprint density at radius 3 is 2.21 bits per heavy atom. The minimum Gasteiger partial charge on any atom is -0.496 e. The highest BCUT2D eigenvalue weighted by Crippen LogP contribution is 2.32. The number of methoxy groups -OCH3 is 1. The van der Waals surface area contributed by atoms with E-state index in [1.165, 1.54) is 12.1 Å². The third kappa shape index (κ3) is 5.64. The van der Waals surface area contributed by atoms with Crippen LogP contribution in [0.15, 0.2) is 83.8 Å². The molecule has 1 amide bonds. The summed E-state index contributed by atoms with van der Waals surface area (Å²) >= 11 is 0. The van der Waals surface area contributed by atoms with Crippen LogP contribution in [0.3, 0.4) is 0 Å². The summed E-state index contributed by atoms with van der Waals surface area (Å²) in [5.41, 5.74) is 1.09. The van der Waals surface area contributed by atoms with Gasteiger partial charge in [0.25, 0.3) is 10.0 Å². The first-order valence-corrected chi connectivity index (χ1v) is 12.0. The summed E-state index contributed by atoms with van der Waals surface area (Å²) in [6, 6.07) is 21.8. The van der Waals surface area contributed by atoms with Crippen molar-refractivity contribution in [3.63, 3.8) is 0 Å². The molecule has 3 aromatic rings. The van der Waals surface area contributed by atoms with Crippen molar-refractivity contribution >= 4 is 21.6 Å². The van der Waals surface area contributed by atoms with Gasteiger partial charge in [-0.25, -0.2) is 8.42 Å². The van der Waals surface area contributed by atoms with Gasteiger partial charge in [0.15, 0.2) is 0 Å². The summed E-state index contributed by atoms with van der Waals surface area (Å²) in [7, 11) is -2.47. The fourth-order valence-corrected chi connectivity index (χ4v) is 4.93. The Kier molecular flexibility index (Phi) is 7.95. The number of nitrogens with zero attached hydrogens (tertiary/aromatic N) is 1. The second-order valence-electron chi connectivity index (χ2n) is 7.26. The van der Waals surface area contributed by atoms with Gasteiger partial charge in [0, 0.05) is 5.56 Å². The largest absolute Gasteiger partial charge is 0.496 e. The van der Waals surface area contributed by atoms with Crippen molar-refractivity contribution in [2.75, 3.05) is 24.6 Å². The summed E-state index contributed by atoms with van der Waals surface area (Å²) in [6.07, 6.45) is 0. The smallest absolute Gasteiger partial charge is 0.264 e. The molecule has 0 aromatic heterocycles. The van der Waals surface area contributed by atoms with Gasteiger partial charge in [-0.1, -0.05) is 48.5 Å². The number of carbonyl (C=O) groups is 1. The maximum atomic E-state index is 13.6. The lowest BCUT2D eigenvalue weighted by Gasteiger charge is -2.27. The molecular formula is C25H28N2O5S. The van der Waals surface area contributed by atoms with E-state index < -0.39 is 28.5 Å². The molecule has 0 fully saturated rings. The number of rotatable bonds is 10. The molecule has 3 aromatic carbocycles. The highest BCUT2D eigenvalue weighted by molar-refractivity contribution is 7.92. The molecule has 0 aliphatic carbocycles. The van der Waals surface area contributed by atoms with E-state index in [0.29, 0.717) is 23.8 Å². The van der Waals surface area contributed by atoms with E-state index in [0.717, 1.165) is 9.87 Å². The van der Waals surface area contributed by atoms with Crippen LogP contribution in [0, 0.1) is 0 Å². The summed E-state index contributed by atoms with van der Waals surface area (Å²) in [5.74, 6) is 0.560. The van der Waals surface area contributed by atoms with Crippen LogP contribution in [0.1, 0.15) is 25.5 Å². The number of hydrogen-bond donors (Lipinski definition) is 1. The molecule has 0 aliphatic rings. The van der Waals surface area contributed by atoms with E-state index in [1.807, 2.05) is 38.1 Å². The highest BCUT2D eigenvalue weighted by Gasteiger charge is 2.30. The van der Waals surface area contributed by atoms with Crippen LogP contribution in [0.2, 0.25) is 0 Å². The number of anilines is 1. The van der Waals surface area contributed by atoms with Crippen LogP contribution in [0.5, 0.6) is 11.5 Å². The first-order valence-electron chi connectivity index (χ1n) is 10.6. The minimum absolute atomic E-state index is 0.0851. The van der Waals surface area contributed by atoms with Crippen molar-refractivity contribution in [1.82, 2.24) is 5.32 Å². The van der Waals surface area contributed by atoms with Gasteiger partial charge in [0.05, 0.1) is 30.3 Å². The van der Waals surface area contributed by atoms with Crippen molar-refractivity contribution in [2.45, 2.75) is 24.8 Å². The number of para-hydroxylation sites is 3. The maximum Gasteiger partial charge on any atom is 0.264 e. The first kappa shape index (κ1) is 24.1. The van der Waals surface area contributed by atoms with Gasteiger partial charge in [-0.3, -0.25) is 9.10 Å². The standard InChI is InChI=1S/C25H28N2O5S/c1-4-32-24-17-11-9-15-22(24)27(33(29,30)20-12-6-5-7-13-20)18-25(28)26-19(2)21-14-8-10-16-23(21)31-3/h5-17,19H,4,18H2,1-3H3,(H,26,28)/t19-/m1/s1. The zero-order valence-corrected chi connectivity index (χ0v) is 19.7. The molecule has 0 radical (unpaired) electrons. The maximum absolute atomic E-state index is 13.6. The summed E-state index contributed by atoms with van der Waals surface area (Å²) in [6.45, 7) is 3.57. The van der Waals surface area contributed by atoms with Gasteiger partial charge in [0.1, 0.15) is 18.0 Å². The Bertz CT molecular complexity index is 1180. The predicted octanol–water partition coefficient (Wildman–Crippen LogP) is 4.17. The number of carbonyl (C=O) groups excluding carboxylic acids is 1. The molecule has 8 heteroatoms. The topological polar surface area (TPSA) is 84.9 Å². The molecule has 3 rings (SSSR count). The summed E-state index contributed by atoms with van der Waals surface area (Å²) < 4.78 is 39.2. The molecule has 0 unspecified atom stereocenters. The van der Waals surface area contributed by atoms with Crippen LogP contribution in [0.25, 0.3) is 0 Å². The van der Waals surface area contributed by atoms with E-state index in [-0.39, 0.29) is 4.90 Å². The third-order valence-corrected chi connectivity index (χ3v) is 6.81. The number of sulfonamides is 1. The molecule has 0 bridgehead atoms. The van der Waals surface area contributed by atoms with Gasteiger partial charge >= 0.3 is 0 Å². The molecule has 33 heavy (non-hydrogen) atoms. The number of hydrogen-bond acceptors (Lipinski definition) is 5. The number of benzene rings is 3. The number of amides is 1. The fraction of sp³-hybridized carbons (Fsp3) is 0.240. The van der Waals surface area contributed by atoms with Crippen molar-refractivity contribution in [2.24, 2.45) is 0 Å². The summed E-state index contributed by atoms with van der Waals surface area (Å²) in [5, 5.41) is 2.88. The summed E-state index contributed by atoms with van der Waals surface area (Å²) in [4.78, 5) is 13.1. The molecule has 0 spiro atoms. The lowest BCUT2D eigenvalue weighted by Crippen LogP contribution is -2.41. The van der Waals surface area contributed by atoms with Crippen LogP contribution in [0.4, 0.5) is 5.69 Å². The normalized spacial score (nSPS) is 12.0. The average Bonchev–Trinajstić information content (AvgIpc) is 2.83. The third-order valence-electron chi connectivity index (χ3n) is 5.04. The highest BCUT2D eigenvalue weighted by atomic mass is 32.2. The van der Waals surface area contributed by atoms with Crippen molar-refractivity contribution < 1.29 is 22.7 Å². The molecule has 0 heterocycles. The average molecular weight is 469 g/mol. The van der Waals surface area contributed by atoms with Crippen molar-refractivity contribution in [3.8, 4) is 11.5 Å². The zero-order valence-electron chi connectivity index (χ0n) is 18.9. The van der Waals surface area contributed by atoms with Gasteiger partial charge in [-0.15, -0.1) is 0 Å². The van der Waals surface area contributed by atoms with Crippen LogP contribution in [-0.2, 0) is 14.8 Å². The van der Waals surface area contributed by atoms with Crippen LogP contribution in [-0.4, -0.2) is 34.6 Å². The second kappa shape index (κ2) is 10.9. The van der Waals surface area contributed by atoms with E-state index in [2.05, 4.69) is 5.32 Å². The van der Waals surface area contributed by atoms with Gasteiger partial charge in [-0.05, 0) is 44.2 Å². The predicted molar refractivity (Wildman–Crippen MR) is 128 cm³/mol. The SMILES string of the molecule is CCOc1ccccc1N(CC(=O)N[C@H](C)c1ccccc1OC)S(=O)(=O)c1ccccc1. The van der Waals surface area contributed by atoms with Gasteiger partial charge in [0.2, 0.25) is 5.91 Å². The quantitative estimate of drug-likeness (QED) is 0.483. The Balaban J connectivity index is 1.94. The number of nitrogens with one attached hydrogen (secondary N) is 1. The first-order chi connectivity index (χ1) is 15.9. The Hall–Kier alpha value is -3.52. The lowest BCUT2D eigenvalue weighted by molar-refractivity contribution is -0.120. The Morgan fingerprint density at radius 1 is 0.939 bits per heavy atom. The fourth-order valence-electron chi connectivity index (χ4n) is 3.48. The van der Waals surface area contributed by atoms with E-state index >= 15 is 0 Å². The Morgan fingerprint density at radius 2 is 1.55 bits per heavy atom. The molecule has 1 atom stereocenters. The van der Waals surface area contributed by atoms with E-state index in [4.69, 9.17) is 9.47 Å². The number of ether oxygens (including phenoxy) is 2. The van der Waals surface area contributed by atoms with Crippen molar-refractivity contribution in [1.29, 1.82) is 0 Å². The molecule has 7 nitrogen and oxygen atoms in total. The van der Waals surface area contributed by atoms with Crippen LogP contribution < -0.4 is 19.1 Å². The molecule has 0 saturated heterocycles. The molecule has 0 saturated carbocycles.